The fraction of sp³-hybridized carbons (Fsp3) is 0.417. The number of hydrogen-bond acceptors (Lipinski definition) is 3. The molecule has 0 aliphatic rings. The van der Waals surface area contributed by atoms with Gasteiger partial charge in [-0.1, -0.05) is 29.3 Å². The van der Waals surface area contributed by atoms with Gasteiger partial charge in [-0.15, -0.1) is 0 Å². The maximum atomic E-state index is 11.7. The Kier molecular flexibility index (Phi) is 5.75. The second-order valence-electron chi connectivity index (χ2n) is 3.25. The molecule has 94 valence electrons. The number of benzene rings is 1. The van der Waals surface area contributed by atoms with Crippen molar-refractivity contribution in [2.24, 2.45) is 0 Å². The van der Waals surface area contributed by atoms with Gasteiger partial charge in [-0.3, -0.25) is 0 Å². The molecule has 1 aromatic carbocycles. The normalized spacial score (nSPS) is 12.2. The molecule has 1 unspecified atom stereocenters. The molecule has 0 aromatic heterocycles. The van der Waals surface area contributed by atoms with Crippen molar-refractivity contribution in [3.8, 4) is 0 Å². The van der Waals surface area contributed by atoms with Gasteiger partial charge in [-0.25, -0.2) is 4.79 Å². The quantitative estimate of drug-likeness (QED) is 0.771. The van der Waals surface area contributed by atoms with E-state index in [2.05, 4.69) is 0 Å². The van der Waals surface area contributed by atoms with Gasteiger partial charge in [-0.2, -0.15) is 0 Å². The summed E-state index contributed by atoms with van der Waals surface area (Å²) in [7, 11) is 0. The third-order valence-corrected chi connectivity index (χ3v) is 2.64. The largest absolute Gasteiger partial charge is 0.464 e. The van der Waals surface area contributed by atoms with E-state index in [9.17, 15) is 4.79 Å². The van der Waals surface area contributed by atoms with Crippen LogP contribution in [0.4, 0.5) is 0 Å². The predicted octanol–water partition coefficient (Wildman–Crippen LogP) is 3.63. The molecule has 0 aliphatic heterocycles. The van der Waals surface area contributed by atoms with Crippen molar-refractivity contribution < 1.29 is 14.3 Å². The predicted molar refractivity (Wildman–Crippen MR) is 67.5 cm³/mol. The first kappa shape index (κ1) is 14.3. The van der Waals surface area contributed by atoms with Gasteiger partial charge in [0.1, 0.15) is 0 Å². The first-order valence-electron chi connectivity index (χ1n) is 5.33. The zero-order valence-electron chi connectivity index (χ0n) is 9.70. The number of hydrogen-bond donors (Lipinski definition) is 0. The molecule has 17 heavy (non-hydrogen) atoms. The molecule has 0 spiro atoms. The molecule has 1 rings (SSSR count). The third-order valence-electron chi connectivity index (χ3n) is 2.08. The van der Waals surface area contributed by atoms with Crippen LogP contribution < -0.4 is 0 Å². The molecule has 0 heterocycles. The zero-order valence-corrected chi connectivity index (χ0v) is 11.2. The molecule has 3 nitrogen and oxygen atoms in total. The molecule has 0 amide bonds. The second-order valence-corrected chi connectivity index (χ2v) is 4.10. The smallest absolute Gasteiger partial charge is 0.339 e. The Bertz CT molecular complexity index is 393. The number of esters is 1. The summed E-state index contributed by atoms with van der Waals surface area (Å²) in [6.45, 7) is 4.23. The molecule has 0 saturated carbocycles. The first-order valence-corrected chi connectivity index (χ1v) is 6.08. The molecule has 1 atom stereocenters. The van der Waals surface area contributed by atoms with Gasteiger partial charge in [0.25, 0.3) is 0 Å². The third kappa shape index (κ3) is 3.87. The molecular weight excluding hydrogens is 263 g/mol. The van der Waals surface area contributed by atoms with Crippen LogP contribution in [0.3, 0.4) is 0 Å². The topological polar surface area (TPSA) is 35.5 Å². The van der Waals surface area contributed by atoms with Crippen LogP contribution in [0.5, 0.6) is 0 Å². The van der Waals surface area contributed by atoms with Gasteiger partial charge >= 0.3 is 5.97 Å². The van der Waals surface area contributed by atoms with Crippen molar-refractivity contribution in [3.63, 3.8) is 0 Å². The molecule has 0 radical (unpaired) electrons. The maximum Gasteiger partial charge on any atom is 0.339 e. The van der Waals surface area contributed by atoms with E-state index < -0.39 is 12.1 Å². The SMILES string of the molecule is CCOC(=O)C(OCC)c1ccc(Cl)cc1Cl. The molecule has 0 N–H and O–H groups in total. The Morgan fingerprint density at radius 2 is 2.00 bits per heavy atom. The summed E-state index contributed by atoms with van der Waals surface area (Å²) in [6.07, 6.45) is -0.801. The Morgan fingerprint density at radius 3 is 2.53 bits per heavy atom. The Morgan fingerprint density at radius 1 is 1.29 bits per heavy atom. The lowest BCUT2D eigenvalue weighted by atomic mass is 10.1. The number of rotatable bonds is 5. The average Bonchev–Trinajstić information content (AvgIpc) is 2.27. The van der Waals surface area contributed by atoms with Crippen LogP contribution in [-0.4, -0.2) is 19.2 Å². The minimum absolute atomic E-state index is 0.299. The summed E-state index contributed by atoms with van der Waals surface area (Å²) in [5, 5.41) is 0.905. The fourth-order valence-corrected chi connectivity index (χ4v) is 1.89. The molecule has 0 saturated heterocycles. The van der Waals surface area contributed by atoms with Crippen molar-refractivity contribution in [2.45, 2.75) is 20.0 Å². The Labute approximate surface area is 111 Å². The molecule has 0 aliphatic carbocycles. The number of ether oxygens (including phenoxy) is 2. The van der Waals surface area contributed by atoms with E-state index in [-0.39, 0.29) is 0 Å². The summed E-state index contributed by atoms with van der Waals surface area (Å²) < 4.78 is 10.3. The monoisotopic (exact) mass is 276 g/mol. The van der Waals surface area contributed by atoms with Gasteiger partial charge in [0.2, 0.25) is 0 Å². The van der Waals surface area contributed by atoms with Crippen LogP contribution >= 0.6 is 23.2 Å². The minimum Gasteiger partial charge on any atom is -0.464 e. The van der Waals surface area contributed by atoms with Crippen molar-refractivity contribution in [1.82, 2.24) is 0 Å². The Hall–Kier alpha value is -0.770. The van der Waals surface area contributed by atoms with E-state index in [1.165, 1.54) is 0 Å². The summed E-state index contributed by atoms with van der Waals surface area (Å²) in [5.74, 6) is -0.446. The van der Waals surface area contributed by atoms with Crippen LogP contribution in [-0.2, 0) is 14.3 Å². The fourth-order valence-electron chi connectivity index (χ4n) is 1.38. The van der Waals surface area contributed by atoms with Gasteiger partial charge < -0.3 is 9.47 Å². The van der Waals surface area contributed by atoms with Crippen molar-refractivity contribution in [2.75, 3.05) is 13.2 Å². The summed E-state index contributed by atoms with van der Waals surface area (Å²) in [6, 6.07) is 4.90. The molecule has 0 bridgehead atoms. The van der Waals surface area contributed by atoms with Gasteiger partial charge in [0, 0.05) is 22.2 Å². The van der Waals surface area contributed by atoms with E-state index in [1.54, 1.807) is 32.0 Å². The summed E-state index contributed by atoms with van der Waals surface area (Å²) in [5.41, 5.74) is 0.566. The number of halogens is 2. The van der Waals surface area contributed by atoms with Gasteiger partial charge in [0.05, 0.1) is 6.61 Å². The van der Waals surface area contributed by atoms with Crippen LogP contribution in [0.2, 0.25) is 10.0 Å². The Balaban J connectivity index is 3.00. The minimum atomic E-state index is -0.801. The number of carbonyl (C=O) groups excluding carboxylic acids is 1. The highest BCUT2D eigenvalue weighted by molar-refractivity contribution is 6.35. The lowest BCUT2D eigenvalue weighted by Crippen LogP contribution is -2.19. The lowest BCUT2D eigenvalue weighted by Gasteiger charge is -2.17. The van der Waals surface area contributed by atoms with E-state index in [1.807, 2.05) is 0 Å². The average molecular weight is 277 g/mol. The van der Waals surface area contributed by atoms with Crippen LogP contribution in [0.15, 0.2) is 18.2 Å². The van der Waals surface area contributed by atoms with Crippen LogP contribution in [0, 0.1) is 0 Å². The van der Waals surface area contributed by atoms with Crippen molar-refractivity contribution in [3.05, 3.63) is 33.8 Å². The van der Waals surface area contributed by atoms with Gasteiger partial charge in [-0.05, 0) is 26.0 Å². The van der Waals surface area contributed by atoms with E-state index >= 15 is 0 Å². The first-order chi connectivity index (χ1) is 8.10. The van der Waals surface area contributed by atoms with Crippen LogP contribution in [0.1, 0.15) is 25.5 Å². The zero-order chi connectivity index (χ0) is 12.8. The highest BCUT2D eigenvalue weighted by Crippen LogP contribution is 2.29. The summed E-state index contributed by atoms with van der Waals surface area (Å²) in [4.78, 5) is 11.7. The maximum absolute atomic E-state index is 11.7. The van der Waals surface area contributed by atoms with E-state index in [0.29, 0.717) is 28.8 Å². The molecule has 1 aromatic rings. The second kappa shape index (κ2) is 6.84. The molecule has 5 heteroatoms. The summed E-state index contributed by atoms with van der Waals surface area (Å²) >= 11 is 11.8. The van der Waals surface area contributed by atoms with Gasteiger partial charge in [0.15, 0.2) is 6.10 Å². The highest BCUT2D eigenvalue weighted by atomic mass is 35.5. The van der Waals surface area contributed by atoms with Crippen molar-refractivity contribution >= 4 is 29.2 Å². The highest BCUT2D eigenvalue weighted by Gasteiger charge is 2.24. The molecule has 0 fully saturated rings. The van der Waals surface area contributed by atoms with Crippen molar-refractivity contribution in [1.29, 1.82) is 0 Å². The number of carbonyl (C=O) groups is 1. The van der Waals surface area contributed by atoms with Crippen LogP contribution in [0.25, 0.3) is 0 Å². The molecular formula is C12H14Cl2O3. The standard InChI is InChI=1S/C12H14Cl2O3/c1-3-16-11(12(15)17-4-2)9-6-5-8(13)7-10(9)14/h5-7,11H,3-4H2,1-2H3. The van der Waals surface area contributed by atoms with E-state index in [4.69, 9.17) is 32.7 Å². The van der Waals surface area contributed by atoms with E-state index in [0.717, 1.165) is 0 Å². The lowest BCUT2D eigenvalue weighted by molar-refractivity contribution is -0.157.